The Bertz CT molecular complexity index is 1250. The van der Waals surface area contributed by atoms with E-state index >= 15 is 0 Å². The van der Waals surface area contributed by atoms with Gasteiger partial charge in [-0.1, -0.05) is 78.9 Å². The number of likely N-dealkylation sites (tertiary alicyclic amines) is 1. The van der Waals surface area contributed by atoms with E-state index in [4.69, 9.17) is 15.2 Å². The summed E-state index contributed by atoms with van der Waals surface area (Å²) in [4.78, 5) is 41.5. The van der Waals surface area contributed by atoms with Gasteiger partial charge in [0.15, 0.2) is 0 Å². The molecule has 184 valence electrons. The Kier molecular flexibility index (Phi) is 6.33. The molecule has 2 N–H and O–H groups in total. The van der Waals surface area contributed by atoms with E-state index in [9.17, 15) is 14.4 Å². The van der Waals surface area contributed by atoms with Crippen molar-refractivity contribution >= 4 is 18.1 Å². The first kappa shape index (κ1) is 23.4. The summed E-state index contributed by atoms with van der Waals surface area (Å²) in [6.07, 6.45) is -0.355. The Hall–Kier alpha value is -4.33. The molecule has 8 nitrogen and oxygen atoms in total. The number of nitrogens with zero attached hydrogens (tertiary/aromatic N) is 2. The van der Waals surface area contributed by atoms with Gasteiger partial charge in [0.1, 0.15) is 12.6 Å². The number of carbonyl (C=O) groups excluding carboxylic acids is 3. The first-order chi connectivity index (χ1) is 17.5. The highest BCUT2D eigenvalue weighted by molar-refractivity contribution is 5.85. The van der Waals surface area contributed by atoms with E-state index in [1.165, 1.54) is 12.0 Å². The van der Waals surface area contributed by atoms with Crippen LogP contribution in [0.25, 0.3) is 11.1 Å². The van der Waals surface area contributed by atoms with Gasteiger partial charge in [-0.25, -0.2) is 14.4 Å². The largest absolute Gasteiger partial charge is 0.459 e. The lowest BCUT2D eigenvalue weighted by molar-refractivity contribution is -0.149. The van der Waals surface area contributed by atoms with Crippen LogP contribution in [0.3, 0.4) is 0 Å². The van der Waals surface area contributed by atoms with Crippen molar-refractivity contribution in [1.82, 2.24) is 9.80 Å². The molecular weight excluding hydrogens is 458 g/mol. The van der Waals surface area contributed by atoms with Crippen molar-refractivity contribution in [3.05, 3.63) is 95.6 Å². The number of urea groups is 1. The van der Waals surface area contributed by atoms with E-state index in [0.29, 0.717) is 0 Å². The molecule has 0 spiro atoms. The minimum absolute atomic E-state index is 0.0809. The number of esters is 1. The lowest BCUT2D eigenvalue weighted by atomic mass is 10.0. The zero-order chi connectivity index (χ0) is 25.2. The molecule has 1 aliphatic heterocycles. The summed E-state index contributed by atoms with van der Waals surface area (Å²) >= 11 is 0. The number of amides is 3. The molecule has 2 aliphatic rings. The molecule has 5 rings (SSSR count). The van der Waals surface area contributed by atoms with E-state index in [1.807, 2.05) is 78.9 Å². The van der Waals surface area contributed by atoms with Crippen LogP contribution >= 0.6 is 0 Å². The molecule has 1 fully saturated rings. The van der Waals surface area contributed by atoms with Crippen molar-refractivity contribution in [2.24, 2.45) is 5.73 Å². The summed E-state index contributed by atoms with van der Waals surface area (Å²) in [6, 6.07) is 22.5. The Labute approximate surface area is 209 Å². The molecule has 1 saturated heterocycles. The van der Waals surface area contributed by atoms with Crippen LogP contribution in [0.1, 0.15) is 29.2 Å². The standard InChI is InChI=1S/C28H27N3O5/c1-35-28(34)31(25-22-13-7-5-11-20(22)21-12-6-8-14-23(21)25)19-15-24(30(16-19)27(29)33)26(32)36-17-18-9-3-2-4-10-18/h2-14,19,24-25H,15-17H2,1H3,(H2,29,33)/t19-,24-/m0/s1. The van der Waals surface area contributed by atoms with E-state index in [2.05, 4.69) is 0 Å². The quantitative estimate of drug-likeness (QED) is 0.549. The molecule has 1 aliphatic carbocycles. The van der Waals surface area contributed by atoms with Gasteiger partial charge in [0.25, 0.3) is 0 Å². The highest BCUT2D eigenvalue weighted by Gasteiger charge is 2.47. The van der Waals surface area contributed by atoms with Gasteiger partial charge in [-0.2, -0.15) is 0 Å². The number of rotatable bonds is 5. The molecule has 0 radical (unpaired) electrons. The number of nitrogens with two attached hydrogens (primary N) is 1. The third-order valence-electron chi connectivity index (χ3n) is 6.92. The van der Waals surface area contributed by atoms with E-state index < -0.39 is 36.2 Å². The summed E-state index contributed by atoms with van der Waals surface area (Å²) in [6.45, 7) is 0.175. The summed E-state index contributed by atoms with van der Waals surface area (Å²) in [5.41, 5.74) is 10.5. The van der Waals surface area contributed by atoms with Gasteiger partial charge in [0, 0.05) is 13.0 Å². The molecule has 36 heavy (non-hydrogen) atoms. The summed E-state index contributed by atoms with van der Waals surface area (Å²) in [7, 11) is 1.33. The van der Waals surface area contributed by atoms with Crippen molar-refractivity contribution in [2.75, 3.05) is 13.7 Å². The zero-order valence-corrected chi connectivity index (χ0v) is 19.9. The average Bonchev–Trinajstić information content (AvgIpc) is 3.49. The molecule has 0 saturated carbocycles. The lowest BCUT2D eigenvalue weighted by Crippen LogP contribution is -2.46. The van der Waals surface area contributed by atoms with Crippen LogP contribution in [0.5, 0.6) is 0 Å². The second-order valence-electron chi connectivity index (χ2n) is 8.94. The fourth-order valence-corrected chi connectivity index (χ4v) is 5.31. The Morgan fingerprint density at radius 1 is 0.917 bits per heavy atom. The van der Waals surface area contributed by atoms with Gasteiger partial charge in [0.05, 0.1) is 19.2 Å². The third kappa shape index (κ3) is 4.15. The zero-order valence-electron chi connectivity index (χ0n) is 19.9. The summed E-state index contributed by atoms with van der Waals surface area (Å²) in [5, 5.41) is 0. The van der Waals surface area contributed by atoms with E-state index in [1.54, 1.807) is 4.90 Å². The molecule has 0 bridgehead atoms. The van der Waals surface area contributed by atoms with Gasteiger partial charge in [-0.15, -0.1) is 0 Å². The van der Waals surface area contributed by atoms with Crippen LogP contribution < -0.4 is 5.73 Å². The maximum absolute atomic E-state index is 13.2. The van der Waals surface area contributed by atoms with Crippen LogP contribution in [0, 0.1) is 0 Å². The van der Waals surface area contributed by atoms with Gasteiger partial charge in [-0.3, -0.25) is 4.90 Å². The predicted octanol–water partition coefficient (Wildman–Crippen LogP) is 4.09. The Morgan fingerprint density at radius 2 is 1.50 bits per heavy atom. The molecule has 8 heteroatoms. The second kappa shape index (κ2) is 9.73. The molecule has 2 atom stereocenters. The van der Waals surface area contributed by atoms with Crippen LogP contribution in [0.2, 0.25) is 0 Å². The first-order valence-corrected chi connectivity index (χ1v) is 11.8. The highest BCUT2D eigenvalue weighted by atomic mass is 16.5. The Morgan fingerprint density at radius 3 is 2.08 bits per heavy atom. The number of methoxy groups -OCH3 is 1. The van der Waals surface area contributed by atoms with E-state index in [-0.39, 0.29) is 19.6 Å². The minimum Gasteiger partial charge on any atom is -0.459 e. The molecule has 0 aromatic heterocycles. The first-order valence-electron chi connectivity index (χ1n) is 11.8. The number of benzene rings is 3. The van der Waals surface area contributed by atoms with Crippen molar-refractivity contribution in [2.45, 2.75) is 31.2 Å². The monoisotopic (exact) mass is 485 g/mol. The van der Waals surface area contributed by atoms with Crippen molar-refractivity contribution in [3.63, 3.8) is 0 Å². The number of ether oxygens (including phenoxy) is 2. The van der Waals surface area contributed by atoms with Crippen LogP contribution in [0.4, 0.5) is 9.59 Å². The fraction of sp³-hybridized carbons (Fsp3) is 0.250. The highest BCUT2D eigenvalue weighted by Crippen LogP contribution is 2.48. The normalized spacial score (nSPS) is 18.3. The molecule has 3 aromatic rings. The molecule has 3 aromatic carbocycles. The fourth-order valence-electron chi connectivity index (χ4n) is 5.31. The number of carbonyl (C=O) groups is 3. The molecule has 1 heterocycles. The van der Waals surface area contributed by atoms with E-state index in [0.717, 1.165) is 27.8 Å². The van der Waals surface area contributed by atoms with Gasteiger partial charge in [0.2, 0.25) is 0 Å². The molecule has 3 amide bonds. The number of primary amides is 1. The minimum atomic E-state index is -0.907. The summed E-state index contributed by atoms with van der Waals surface area (Å²) in [5.74, 6) is -0.558. The van der Waals surface area contributed by atoms with Crippen molar-refractivity contribution in [1.29, 1.82) is 0 Å². The van der Waals surface area contributed by atoms with Crippen molar-refractivity contribution in [3.8, 4) is 11.1 Å². The summed E-state index contributed by atoms with van der Waals surface area (Å²) < 4.78 is 10.7. The number of fused-ring (bicyclic) bond motifs is 3. The van der Waals surface area contributed by atoms with Gasteiger partial charge < -0.3 is 20.1 Å². The smallest absolute Gasteiger partial charge is 0.410 e. The maximum atomic E-state index is 13.2. The number of hydrogen-bond donors (Lipinski definition) is 1. The van der Waals surface area contributed by atoms with Crippen molar-refractivity contribution < 1.29 is 23.9 Å². The molecular formula is C28H27N3O5. The Balaban J connectivity index is 1.45. The average molecular weight is 486 g/mol. The van der Waals surface area contributed by atoms with Crippen LogP contribution in [-0.2, 0) is 20.9 Å². The maximum Gasteiger partial charge on any atom is 0.410 e. The SMILES string of the molecule is COC(=O)N(C1c2ccccc2-c2ccccc21)[C@H]1C[C@@H](C(=O)OCc2ccccc2)N(C(N)=O)C1. The van der Waals surface area contributed by atoms with Crippen LogP contribution in [-0.4, -0.2) is 53.6 Å². The third-order valence-corrected chi connectivity index (χ3v) is 6.92. The number of hydrogen-bond acceptors (Lipinski definition) is 5. The topological polar surface area (TPSA) is 102 Å². The molecule has 0 unspecified atom stereocenters. The lowest BCUT2D eigenvalue weighted by Gasteiger charge is -2.34. The predicted molar refractivity (Wildman–Crippen MR) is 133 cm³/mol. The van der Waals surface area contributed by atoms with Gasteiger partial charge >= 0.3 is 18.1 Å². The second-order valence-corrected chi connectivity index (χ2v) is 8.94. The van der Waals surface area contributed by atoms with Crippen LogP contribution in [0.15, 0.2) is 78.9 Å². The van der Waals surface area contributed by atoms with Gasteiger partial charge in [-0.05, 0) is 27.8 Å².